The lowest BCUT2D eigenvalue weighted by atomic mass is 10.1. The van der Waals surface area contributed by atoms with E-state index in [1.165, 1.54) is 11.5 Å². The molecule has 106 valence electrons. The molecule has 0 saturated carbocycles. The molecule has 0 radical (unpaired) electrons. The highest BCUT2D eigenvalue weighted by atomic mass is 16.5. The summed E-state index contributed by atoms with van der Waals surface area (Å²) in [6.07, 6.45) is 1.75. The van der Waals surface area contributed by atoms with Gasteiger partial charge in [-0.25, -0.2) is 0 Å². The van der Waals surface area contributed by atoms with Crippen LogP contribution in [0.3, 0.4) is 0 Å². The molecule has 1 atom stereocenters. The Balaban J connectivity index is 2.53. The van der Waals surface area contributed by atoms with E-state index in [9.17, 15) is 9.59 Å². The molecule has 0 aliphatic heterocycles. The topological polar surface area (TPSA) is 48.3 Å². The third-order valence-electron chi connectivity index (χ3n) is 3.28. The average Bonchev–Trinajstić information content (AvgIpc) is 2.37. The molecular formula is C16H19NO3. The van der Waals surface area contributed by atoms with Crippen molar-refractivity contribution < 1.29 is 9.53 Å². The molecule has 0 fully saturated rings. The fourth-order valence-electron chi connectivity index (χ4n) is 2.09. The number of aromatic nitrogens is 1. The summed E-state index contributed by atoms with van der Waals surface area (Å²) in [5, 5.41) is 1.41. The minimum atomic E-state index is -0.446. The molecule has 4 nitrogen and oxygen atoms in total. The second-order valence-electron chi connectivity index (χ2n) is 5.23. The summed E-state index contributed by atoms with van der Waals surface area (Å²) < 4.78 is 7.08. The zero-order chi connectivity index (χ0) is 14.9. The highest BCUT2D eigenvalue weighted by Crippen LogP contribution is 2.20. The lowest BCUT2D eigenvalue weighted by Gasteiger charge is -2.14. The number of Topliss-reactive ketones (excluding diaryl/α,β-unsaturated/α-hetero) is 1. The van der Waals surface area contributed by atoms with E-state index >= 15 is 0 Å². The van der Waals surface area contributed by atoms with Gasteiger partial charge in [0.05, 0.1) is 12.1 Å². The Kier molecular flexibility index (Phi) is 3.93. The minimum absolute atomic E-state index is 0.0359. The fraction of sp³-hybridized carbons (Fsp3) is 0.375. The van der Waals surface area contributed by atoms with Gasteiger partial charge in [-0.05, 0) is 57.3 Å². The average molecular weight is 273 g/mol. The number of rotatable bonds is 4. The van der Waals surface area contributed by atoms with Crippen LogP contribution in [0.2, 0.25) is 0 Å². The third-order valence-corrected chi connectivity index (χ3v) is 3.28. The van der Waals surface area contributed by atoms with Crippen LogP contribution >= 0.6 is 0 Å². The van der Waals surface area contributed by atoms with Crippen molar-refractivity contribution in [1.29, 1.82) is 0 Å². The summed E-state index contributed by atoms with van der Waals surface area (Å²) in [5.74, 6) is 0.704. The van der Waals surface area contributed by atoms with Crippen molar-refractivity contribution in [3.63, 3.8) is 0 Å². The SMILES string of the molecule is CC(=O)C(C)n1ccc2cc(OC(C)C)ccc2c1=O. The van der Waals surface area contributed by atoms with E-state index < -0.39 is 6.04 Å². The van der Waals surface area contributed by atoms with Crippen LogP contribution in [-0.4, -0.2) is 16.5 Å². The second kappa shape index (κ2) is 5.49. The Labute approximate surface area is 118 Å². The number of fused-ring (bicyclic) bond motifs is 1. The molecule has 0 bridgehead atoms. The number of hydrogen-bond donors (Lipinski definition) is 0. The number of carbonyl (C=O) groups is 1. The molecule has 0 N–H and O–H groups in total. The molecule has 20 heavy (non-hydrogen) atoms. The molecule has 0 aliphatic rings. The summed E-state index contributed by atoms with van der Waals surface area (Å²) in [4.78, 5) is 23.8. The van der Waals surface area contributed by atoms with Crippen LogP contribution in [0.15, 0.2) is 35.3 Å². The molecule has 2 rings (SSSR count). The molecule has 2 aromatic rings. The number of ketones is 1. The Morgan fingerprint density at radius 1 is 1.20 bits per heavy atom. The number of benzene rings is 1. The Bertz CT molecular complexity index is 700. The van der Waals surface area contributed by atoms with E-state index in [-0.39, 0.29) is 17.4 Å². The molecule has 1 aromatic heterocycles. The Morgan fingerprint density at radius 2 is 1.90 bits per heavy atom. The predicted octanol–water partition coefficient (Wildman–Crippen LogP) is 2.94. The van der Waals surface area contributed by atoms with Gasteiger partial charge in [0, 0.05) is 11.6 Å². The van der Waals surface area contributed by atoms with Crippen LogP contribution < -0.4 is 10.3 Å². The van der Waals surface area contributed by atoms with Crippen molar-refractivity contribution in [3.05, 3.63) is 40.8 Å². The van der Waals surface area contributed by atoms with E-state index in [0.29, 0.717) is 5.39 Å². The first-order valence-corrected chi connectivity index (χ1v) is 6.72. The Morgan fingerprint density at radius 3 is 2.50 bits per heavy atom. The van der Waals surface area contributed by atoms with E-state index in [4.69, 9.17) is 4.74 Å². The number of nitrogens with zero attached hydrogens (tertiary/aromatic N) is 1. The van der Waals surface area contributed by atoms with Crippen molar-refractivity contribution in [1.82, 2.24) is 4.57 Å². The molecule has 0 aliphatic carbocycles. The van der Waals surface area contributed by atoms with Crippen LogP contribution in [-0.2, 0) is 4.79 Å². The molecule has 4 heteroatoms. The minimum Gasteiger partial charge on any atom is -0.491 e. The first-order valence-electron chi connectivity index (χ1n) is 6.72. The monoisotopic (exact) mass is 273 g/mol. The van der Waals surface area contributed by atoms with Gasteiger partial charge in [0.15, 0.2) is 5.78 Å². The van der Waals surface area contributed by atoms with Crippen LogP contribution in [0.4, 0.5) is 0 Å². The second-order valence-corrected chi connectivity index (χ2v) is 5.23. The molecular weight excluding hydrogens is 254 g/mol. The quantitative estimate of drug-likeness (QED) is 0.860. The standard InChI is InChI=1S/C16H19NO3/c1-10(2)20-14-5-6-15-13(9-14)7-8-17(16(15)19)11(3)12(4)18/h5-11H,1-4H3. The maximum Gasteiger partial charge on any atom is 0.259 e. The van der Waals surface area contributed by atoms with E-state index in [0.717, 1.165) is 11.1 Å². The summed E-state index contributed by atoms with van der Waals surface area (Å²) >= 11 is 0. The van der Waals surface area contributed by atoms with E-state index in [2.05, 4.69) is 0 Å². The number of pyridine rings is 1. The summed E-state index contributed by atoms with van der Waals surface area (Å²) in [6.45, 7) is 7.13. The number of ether oxygens (including phenoxy) is 1. The van der Waals surface area contributed by atoms with Crippen LogP contribution in [0.1, 0.15) is 33.7 Å². The van der Waals surface area contributed by atoms with Gasteiger partial charge >= 0.3 is 0 Å². The summed E-state index contributed by atoms with van der Waals surface area (Å²) in [6, 6.07) is 6.77. The van der Waals surface area contributed by atoms with Crippen molar-refractivity contribution in [2.75, 3.05) is 0 Å². The summed E-state index contributed by atoms with van der Waals surface area (Å²) in [5.41, 5.74) is -0.152. The first-order chi connectivity index (χ1) is 9.40. The maximum atomic E-state index is 12.4. The van der Waals surface area contributed by atoms with Gasteiger partial charge in [0.1, 0.15) is 5.75 Å². The largest absolute Gasteiger partial charge is 0.491 e. The molecule has 1 unspecified atom stereocenters. The van der Waals surface area contributed by atoms with Crippen molar-refractivity contribution in [2.24, 2.45) is 0 Å². The molecule has 0 spiro atoms. The maximum absolute atomic E-state index is 12.4. The number of carbonyl (C=O) groups excluding carboxylic acids is 1. The van der Waals surface area contributed by atoms with Crippen molar-refractivity contribution >= 4 is 16.6 Å². The highest BCUT2D eigenvalue weighted by Gasteiger charge is 2.13. The van der Waals surface area contributed by atoms with E-state index in [1.54, 1.807) is 25.3 Å². The third kappa shape index (κ3) is 2.74. The zero-order valence-corrected chi connectivity index (χ0v) is 12.2. The number of hydrogen-bond acceptors (Lipinski definition) is 3. The van der Waals surface area contributed by atoms with Gasteiger partial charge in [-0.1, -0.05) is 0 Å². The van der Waals surface area contributed by atoms with E-state index in [1.807, 2.05) is 26.0 Å². The molecule has 1 heterocycles. The van der Waals surface area contributed by atoms with Gasteiger partial charge in [0.25, 0.3) is 5.56 Å². The van der Waals surface area contributed by atoms with Gasteiger partial charge in [-0.3, -0.25) is 9.59 Å². The van der Waals surface area contributed by atoms with Crippen LogP contribution in [0.5, 0.6) is 5.75 Å². The lowest BCUT2D eigenvalue weighted by molar-refractivity contribution is -0.119. The van der Waals surface area contributed by atoms with Crippen LogP contribution in [0, 0.1) is 0 Å². The van der Waals surface area contributed by atoms with Crippen molar-refractivity contribution in [2.45, 2.75) is 39.8 Å². The van der Waals surface area contributed by atoms with Gasteiger partial charge in [-0.2, -0.15) is 0 Å². The zero-order valence-electron chi connectivity index (χ0n) is 12.2. The smallest absolute Gasteiger partial charge is 0.259 e. The lowest BCUT2D eigenvalue weighted by Crippen LogP contribution is -2.26. The summed E-state index contributed by atoms with van der Waals surface area (Å²) in [7, 11) is 0. The predicted molar refractivity (Wildman–Crippen MR) is 79.4 cm³/mol. The fourth-order valence-corrected chi connectivity index (χ4v) is 2.09. The van der Waals surface area contributed by atoms with Crippen molar-refractivity contribution in [3.8, 4) is 5.75 Å². The van der Waals surface area contributed by atoms with Gasteiger partial charge < -0.3 is 9.30 Å². The normalized spacial score (nSPS) is 12.7. The van der Waals surface area contributed by atoms with Gasteiger partial charge in [-0.15, -0.1) is 0 Å². The first kappa shape index (κ1) is 14.3. The van der Waals surface area contributed by atoms with Crippen LogP contribution in [0.25, 0.3) is 10.8 Å². The van der Waals surface area contributed by atoms with Gasteiger partial charge in [0.2, 0.25) is 0 Å². The highest BCUT2D eigenvalue weighted by molar-refractivity contribution is 5.84. The Hall–Kier alpha value is -2.10. The molecule has 0 amide bonds. The molecule has 1 aromatic carbocycles. The molecule has 0 saturated heterocycles.